The Kier molecular flexibility index (Phi) is 9.35. The van der Waals surface area contributed by atoms with Crippen LogP contribution in [0.5, 0.6) is 0 Å². The molecule has 1 heterocycles. The summed E-state index contributed by atoms with van der Waals surface area (Å²) in [6.45, 7) is 7.29. The van der Waals surface area contributed by atoms with Gasteiger partial charge in [-0.05, 0) is 73.0 Å². The Bertz CT molecular complexity index is 1580. The molecule has 6 nitrogen and oxygen atoms in total. The van der Waals surface area contributed by atoms with Crippen molar-refractivity contribution < 1.29 is 22.8 Å². The molecule has 1 saturated heterocycles. The number of nitrogens with zero attached hydrogens (tertiary/aromatic N) is 2. The second-order valence-corrected chi connectivity index (χ2v) is 10.9. The van der Waals surface area contributed by atoms with E-state index in [2.05, 4.69) is 20.4 Å². The molecule has 0 bridgehead atoms. The van der Waals surface area contributed by atoms with Crippen LogP contribution in [0, 0.1) is 6.92 Å². The normalized spacial score (nSPS) is 14.6. The number of hydrogen-bond acceptors (Lipinski definition) is 4. The van der Waals surface area contributed by atoms with Crippen molar-refractivity contribution >= 4 is 23.2 Å². The number of amides is 2. The summed E-state index contributed by atoms with van der Waals surface area (Å²) < 4.78 is 39.2. The smallest absolute Gasteiger partial charge is 0.369 e. The van der Waals surface area contributed by atoms with E-state index in [1.807, 2.05) is 68.4 Å². The van der Waals surface area contributed by atoms with E-state index in [9.17, 15) is 22.8 Å². The van der Waals surface area contributed by atoms with Crippen molar-refractivity contribution in [1.82, 2.24) is 10.2 Å². The molecule has 1 fully saturated rings. The molecule has 0 saturated carbocycles. The summed E-state index contributed by atoms with van der Waals surface area (Å²) in [6.07, 6.45) is -4.43. The fourth-order valence-electron chi connectivity index (χ4n) is 5.56. The highest BCUT2D eigenvalue weighted by molar-refractivity contribution is 6.08. The van der Waals surface area contributed by atoms with Gasteiger partial charge in [0.25, 0.3) is 5.91 Å². The lowest BCUT2D eigenvalue weighted by Gasteiger charge is -2.39. The predicted molar refractivity (Wildman–Crippen MR) is 168 cm³/mol. The maximum atomic E-state index is 13.3. The number of piperazine rings is 1. The quantitative estimate of drug-likeness (QED) is 0.230. The predicted octanol–water partition coefficient (Wildman–Crippen LogP) is 6.93. The van der Waals surface area contributed by atoms with Crippen LogP contribution >= 0.6 is 0 Å². The molecule has 5 rings (SSSR count). The van der Waals surface area contributed by atoms with E-state index in [1.54, 1.807) is 18.2 Å². The van der Waals surface area contributed by atoms with Gasteiger partial charge in [0, 0.05) is 49.7 Å². The molecule has 1 aliphatic rings. The van der Waals surface area contributed by atoms with Gasteiger partial charge in [-0.2, -0.15) is 13.2 Å². The molecule has 1 atom stereocenters. The summed E-state index contributed by atoms with van der Waals surface area (Å²) in [7, 11) is 0. The van der Waals surface area contributed by atoms with E-state index >= 15 is 0 Å². The Morgan fingerprint density at radius 1 is 0.841 bits per heavy atom. The zero-order chi connectivity index (χ0) is 31.3. The molecule has 0 radical (unpaired) electrons. The summed E-state index contributed by atoms with van der Waals surface area (Å²) in [6, 6.07) is 27.2. The number of hydrogen-bond donors (Lipinski definition) is 2. The maximum absolute atomic E-state index is 13.3. The van der Waals surface area contributed by atoms with Crippen molar-refractivity contribution in [2.45, 2.75) is 26.1 Å². The van der Waals surface area contributed by atoms with Gasteiger partial charge in [-0.15, -0.1) is 0 Å². The summed E-state index contributed by atoms with van der Waals surface area (Å²) >= 11 is 0. The Balaban J connectivity index is 1.25. The molecule has 0 aromatic heterocycles. The average Bonchev–Trinajstić information content (AvgIpc) is 3.02. The first kappa shape index (κ1) is 30.8. The van der Waals surface area contributed by atoms with E-state index in [-0.39, 0.29) is 17.9 Å². The van der Waals surface area contributed by atoms with Crippen LogP contribution < -0.4 is 15.5 Å². The van der Waals surface area contributed by atoms with Gasteiger partial charge in [-0.3, -0.25) is 14.5 Å². The molecule has 44 heavy (non-hydrogen) atoms. The third-order valence-electron chi connectivity index (χ3n) is 7.83. The standard InChI is InChI=1S/C35H35F3N4O2/c1-3-39-34(44)32(26-7-5-4-6-8-26)42-21-19-41(20-22-42)29-16-14-28(15-17-29)40-33(43)30-18-9-24(2)23-31(30)25-10-12-27(13-11-25)35(36,37)38/h4-18,23,32H,3,19-22H2,1-2H3,(H,39,44)(H,40,43). The minimum atomic E-state index is -4.43. The van der Waals surface area contributed by atoms with Gasteiger partial charge in [-0.1, -0.05) is 60.2 Å². The highest BCUT2D eigenvalue weighted by Crippen LogP contribution is 2.33. The zero-order valence-corrected chi connectivity index (χ0v) is 24.7. The van der Waals surface area contributed by atoms with Gasteiger partial charge < -0.3 is 15.5 Å². The van der Waals surface area contributed by atoms with Crippen LogP contribution in [-0.4, -0.2) is 49.4 Å². The number of carbonyl (C=O) groups excluding carboxylic acids is 2. The molecule has 2 amide bonds. The minimum absolute atomic E-state index is 0.00213. The van der Waals surface area contributed by atoms with Crippen LogP contribution in [0.3, 0.4) is 0 Å². The Labute approximate surface area is 255 Å². The Morgan fingerprint density at radius 2 is 1.50 bits per heavy atom. The first-order valence-corrected chi connectivity index (χ1v) is 14.7. The molecule has 0 spiro atoms. The number of likely N-dealkylation sites (N-methyl/N-ethyl adjacent to an activating group) is 1. The Hall–Kier alpha value is -4.63. The number of halogens is 3. The summed E-state index contributed by atoms with van der Waals surface area (Å²) in [5.74, 6) is -0.346. The van der Waals surface area contributed by atoms with Crippen molar-refractivity contribution in [3.8, 4) is 11.1 Å². The zero-order valence-electron chi connectivity index (χ0n) is 24.7. The molecule has 1 aliphatic heterocycles. The number of nitrogens with one attached hydrogen (secondary N) is 2. The van der Waals surface area contributed by atoms with Gasteiger partial charge >= 0.3 is 6.18 Å². The molecule has 228 valence electrons. The SMILES string of the molecule is CCNC(=O)C(c1ccccc1)N1CCN(c2ccc(NC(=O)c3ccc(C)cc3-c3ccc(C(F)(F)F)cc3)cc2)CC1. The molecular formula is C35H35F3N4O2. The van der Waals surface area contributed by atoms with E-state index in [0.29, 0.717) is 28.9 Å². The lowest BCUT2D eigenvalue weighted by molar-refractivity contribution is -0.137. The van der Waals surface area contributed by atoms with E-state index in [4.69, 9.17) is 0 Å². The summed E-state index contributed by atoms with van der Waals surface area (Å²) in [5, 5.41) is 5.90. The van der Waals surface area contributed by atoms with Gasteiger partial charge in [0.1, 0.15) is 6.04 Å². The van der Waals surface area contributed by atoms with Crippen molar-refractivity contribution in [2.75, 3.05) is 42.9 Å². The number of aryl methyl sites for hydroxylation is 1. The Morgan fingerprint density at radius 3 is 2.11 bits per heavy atom. The van der Waals surface area contributed by atoms with Crippen molar-refractivity contribution in [3.05, 3.63) is 119 Å². The highest BCUT2D eigenvalue weighted by Gasteiger charge is 2.31. The van der Waals surface area contributed by atoms with Gasteiger partial charge in [0.15, 0.2) is 0 Å². The highest BCUT2D eigenvalue weighted by atomic mass is 19.4. The van der Waals surface area contributed by atoms with Gasteiger partial charge in [-0.25, -0.2) is 0 Å². The third kappa shape index (κ3) is 7.11. The molecule has 0 aliphatic carbocycles. The molecule has 4 aromatic carbocycles. The lowest BCUT2D eigenvalue weighted by atomic mass is 9.96. The molecule has 4 aromatic rings. The van der Waals surface area contributed by atoms with E-state index < -0.39 is 11.7 Å². The fourth-order valence-corrected chi connectivity index (χ4v) is 5.56. The largest absolute Gasteiger partial charge is 0.416 e. The molecule has 9 heteroatoms. The number of alkyl halides is 3. The van der Waals surface area contributed by atoms with E-state index in [1.165, 1.54) is 12.1 Å². The van der Waals surface area contributed by atoms with Crippen molar-refractivity contribution in [1.29, 1.82) is 0 Å². The van der Waals surface area contributed by atoms with Crippen molar-refractivity contribution in [2.24, 2.45) is 0 Å². The first-order valence-electron chi connectivity index (χ1n) is 14.7. The number of rotatable bonds is 8. The van der Waals surface area contributed by atoms with Crippen LogP contribution in [0.15, 0.2) is 97.1 Å². The van der Waals surface area contributed by atoms with Crippen LogP contribution in [0.25, 0.3) is 11.1 Å². The monoisotopic (exact) mass is 600 g/mol. The average molecular weight is 601 g/mol. The van der Waals surface area contributed by atoms with Gasteiger partial charge in [0.05, 0.1) is 5.56 Å². The number of anilines is 2. The van der Waals surface area contributed by atoms with E-state index in [0.717, 1.165) is 55.1 Å². The van der Waals surface area contributed by atoms with Gasteiger partial charge in [0.2, 0.25) is 5.91 Å². The number of benzene rings is 4. The van der Waals surface area contributed by atoms with Crippen molar-refractivity contribution in [3.63, 3.8) is 0 Å². The topological polar surface area (TPSA) is 64.7 Å². The van der Waals surface area contributed by atoms with Crippen LogP contribution in [0.4, 0.5) is 24.5 Å². The summed E-state index contributed by atoms with van der Waals surface area (Å²) in [5.41, 5.74) is 4.21. The molecular weight excluding hydrogens is 565 g/mol. The second kappa shape index (κ2) is 13.3. The van der Waals surface area contributed by atoms with Crippen LogP contribution in [0.1, 0.15) is 40.0 Å². The summed E-state index contributed by atoms with van der Waals surface area (Å²) in [4.78, 5) is 30.7. The third-order valence-corrected chi connectivity index (χ3v) is 7.83. The molecule has 1 unspecified atom stereocenters. The minimum Gasteiger partial charge on any atom is -0.369 e. The number of carbonyl (C=O) groups is 2. The fraction of sp³-hybridized carbons (Fsp3) is 0.257. The first-order chi connectivity index (χ1) is 21.1. The molecule has 2 N–H and O–H groups in total. The second-order valence-electron chi connectivity index (χ2n) is 10.9. The van der Waals surface area contributed by atoms with Crippen LogP contribution in [-0.2, 0) is 11.0 Å². The van der Waals surface area contributed by atoms with Crippen LogP contribution in [0.2, 0.25) is 0 Å². The lowest BCUT2D eigenvalue weighted by Crippen LogP contribution is -2.51. The maximum Gasteiger partial charge on any atom is 0.416 e.